The first kappa shape index (κ1) is 18.4. The second kappa shape index (κ2) is 6.55. The van der Waals surface area contributed by atoms with Gasteiger partial charge in [0.25, 0.3) is 5.91 Å². The molecule has 1 saturated carbocycles. The van der Waals surface area contributed by atoms with Crippen molar-refractivity contribution in [3.63, 3.8) is 0 Å². The summed E-state index contributed by atoms with van der Waals surface area (Å²) >= 11 is 0. The third kappa shape index (κ3) is 3.31. The lowest BCUT2D eigenvalue weighted by molar-refractivity contribution is -0.151. The number of nitrogens with zero attached hydrogens (tertiary/aromatic N) is 1. The van der Waals surface area contributed by atoms with Crippen LogP contribution >= 0.6 is 0 Å². The molecule has 0 saturated heterocycles. The monoisotopic (exact) mass is 353 g/mol. The SMILES string of the molecule is Cc1ccc(C(=O)N(C)C2(C(=O)O)CCCCC2)cc1S(C)(=O)=O. The highest BCUT2D eigenvalue weighted by molar-refractivity contribution is 7.90. The predicted octanol–water partition coefficient (Wildman–Crippen LogP) is 2.26. The summed E-state index contributed by atoms with van der Waals surface area (Å²) in [5, 5.41) is 9.69. The summed E-state index contributed by atoms with van der Waals surface area (Å²) < 4.78 is 23.7. The van der Waals surface area contributed by atoms with Gasteiger partial charge in [0.05, 0.1) is 4.90 Å². The zero-order chi connectivity index (χ0) is 18.1. The summed E-state index contributed by atoms with van der Waals surface area (Å²) in [7, 11) is -1.97. The minimum Gasteiger partial charge on any atom is -0.479 e. The van der Waals surface area contributed by atoms with Crippen LogP contribution in [0.3, 0.4) is 0 Å². The van der Waals surface area contributed by atoms with Gasteiger partial charge in [0.2, 0.25) is 0 Å². The Kier molecular flexibility index (Phi) is 5.03. The number of hydrogen-bond acceptors (Lipinski definition) is 4. The Labute approximate surface area is 142 Å². The molecule has 0 aromatic heterocycles. The van der Waals surface area contributed by atoms with Gasteiger partial charge in [-0.25, -0.2) is 13.2 Å². The number of rotatable bonds is 4. The number of aryl methyl sites for hydroxylation is 1. The fourth-order valence-corrected chi connectivity index (χ4v) is 4.34. The molecule has 24 heavy (non-hydrogen) atoms. The number of likely N-dealkylation sites (N-methyl/N-ethyl adjacent to an activating group) is 1. The van der Waals surface area contributed by atoms with Crippen molar-refractivity contribution >= 4 is 21.7 Å². The summed E-state index contributed by atoms with van der Waals surface area (Å²) in [6.07, 6.45) is 4.39. The largest absolute Gasteiger partial charge is 0.479 e. The summed E-state index contributed by atoms with van der Waals surface area (Å²) in [5.74, 6) is -1.47. The van der Waals surface area contributed by atoms with Gasteiger partial charge in [-0.05, 0) is 37.5 Å². The van der Waals surface area contributed by atoms with Crippen molar-refractivity contribution in [2.75, 3.05) is 13.3 Å². The molecule has 132 valence electrons. The quantitative estimate of drug-likeness (QED) is 0.896. The number of carbonyl (C=O) groups excluding carboxylic acids is 1. The normalized spacial score (nSPS) is 17.3. The van der Waals surface area contributed by atoms with Crippen molar-refractivity contribution in [3.05, 3.63) is 29.3 Å². The highest BCUT2D eigenvalue weighted by Crippen LogP contribution is 2.34. The molecule has 1 aliphatic carbocycles. The van der Waals surface area contributed by atoms with E-state index < -0.39 is 27.3 Å². The van der Waals surface area contributed by atoms with E-state index in [-0.39, 0.29) is 10.5 Å². The minimum atomic E-state index is -3.46. The molecule has 7 heteroatoms. The Hall–Kier alpha value is -1.89. The van der Waals surface area contributed by atoms with Crippen molar-refractivity contribution < 1.29 is 23.1 Å². The molecule has 2 rings (SSSR count). The van der Waals surface area contributed by atoms with Crippen LogP contribution in [-0.4, -0.2) is 49.1 Å². The smallest absolute Gasteiger partial charge is 0.329 e. The van der Waals surface area contributed by atoms with E-state index in [0.717, 1.165) is 25.5 Å². The standard InChI is InChI=1S/C17H23NO5S/c1-12-7-8-13(11-14(12)24(3,22)23)15(19)18(2)17(16(20)21)9-5-4-6-10-17/h7-8,11H,4-6,9-10H2,1-3H3,(H,20,21). The zero-order valence-electron chi connectivity index (χ0n) is 14.2. The minimum absolute atomic E-state index is 0.0924. The van der Waals surface area contributed by atoms with Crippen molar-refractivity contribution in [3.8, 4) is 0 Å². The second-order valence-corrected chi connectivity index (χ2v) is 8.50. The molecular weight excluding hydrogens is 330 g/mol. The van der Waals surface area contributed by atoms with E-state index in [0.29, 0.717) is 18.4 Å². The van der Waals surface area contributed by atoms with Gasteiger partial charge in [-0.3, -0.25) is 4.79 Å². The molecule has 0 unspecified atom stereocenters. The van der Waals surface area contributed by atoms with Gasteiger partial charge >= 0.3 is 5.97 Å². The van der Waals surface area contributed by atoms with E-state index in [9.17, 15) is 23.1 Å². The number of carbonyl (C=O) groups is 2. The number of sulfone groups is 1. The molecule has 1 aromatic carbocycles. The molecule has 1 amide bonds. The van der Waals surface area contributed by atoms with Gasteiger partial charge in [0.15, 0.2) is 9.84 Å². The average molecular weight is 353 g/mol. The summed E-state index contributed by atoms with van der Waals surface area (Å²) in [4.78, 5) is 26.0. The number of amides is 1. The fourth-order valence-electron chi connectivity index (χ4n) is 3.35. The molecule has 0 atom stereocenters. The van der Waals surface area contributed by atoms with E-state index in [2.05, 4.69) is 0 Å². The first-order chi connectivity index (χ1) is 11.1. The van der Waals surface area contributed by atoms with Gasteiger partial charge in [0.1, 0.15) is 5.54 Å². The van der Waals surface area contributed by atoms with Gasteiger partial charge in [0, 0.05) is 18.9 Å². The van der Waals surface area contributed by atoms with E-state index in [4.69, 9.17) is 0 Å². The maximum Gasteiger partial charge on any atom is 0.329 e. The topological polar surface area (TPSA) is 91.8 Å². The van der Waals surface area contributed by atoms with Crippen molar-refractivity contribution in [2.24, 2.45) is 0 Å². The number of carboxylic acids is 1. The first-order valence-corrected chi connectivity index (χ1v) is 9.81. The molecule has 6 nitrogen and oxygen atoms in total. The molecule has 1 fully saturated rings. The molecule has 1 aromatic rings. The summed E-state index contributed by atoms with van der Waals surface area (Å²) in [5.41, 5.74) is -0.470. The molecule has 0 radical (unpaired) electrons. The molecule has 0 spiro atoms. The van der Waals surface area contributed by atoms with Crippen LogP contribution in [0.2, 0.25) is 0 Å². The van der Waals surface area contributed by atoms with Crippen LogP contribution in [0.1, 0.15) is 48.0 Å². The van der Waals surface area contributed by atoms with E-state index in [1.165, 1.54) is 18.0 Å². The van der Waals surface area contributed by atoms with Gasteiger partial charge < -0.3 is 10.0 Å². The van der Waals surface area contributed by atoms with Crippen LogP contribution in [0.5, 0.6) is 0 Å². The first-order valence-electron chi connectivity index (χ1n) is 7.92. The second-order valence-electron chi connectivity index (χ2n) is 6.51. The van der Waals surface area contributed by atoms with Crippen LogP contribution < -0.4 is 0 Å². The Balaban J connectivity index is 2.42. The van der Waals surface area contributed by atoms with E-state index in [1.54, 1.807) is 19.1 Å². The predicted molar refractivity (Wildman–Crippen MR) is 89.8 cm³/mol. The van der Waals surface area contributed by atoms with Gasteiger partial charge in [-0.15, -0.1) is 0 Å². The van der Waals surface area contributed by atoms with Crippen molar-refractivity contribution in [1.29, 1.82) is 0 Å². The summed E-state index contributed by atoms with van der Waals surface area (Å²) in [6.45, 7) is 1.66. The molecule has 1 aliphatic rings. The van der Waals surface area contributed by atoms with Crippen molar-refractivity contribution in [2.45, 2.75) is 49.5 Å². The number of benzene rings is 1. The summed E-state index contributed by atoms with van der Waals surface area (Å²) in [6, 6.07) is 4.45. The van der Waals surface area contributed by atoms with Gasteiger partial charge in [-0.1, -0.05) is 25.3 Å². The lowest BCUT2D eigenvalue weighted by atomic mass is 9.80. The zero-order valence-corrected chi connectivity index (χ0v) is 15.0. The Bertz CT molecular complexity index is 763. The number of aliphatic carboxylic acids is 1. The third-order valence-corrected chi connectivity index (χ3v) is 6.10. The van der Waals surface area contributed by atoms with E-state index in [1.807, 2.05) is 0 Å². The number of hydrogen-bond donors (Lipinski definition) is 1. The fraction of sp³-hybridized carbons (Fsp3) is 0.529. The molecule has 0 bridgehead atoms. The van der Waals surface area contributed by atoms with Crippen LogP contribution in [0.4, 0.5) is 0 Å². The third-order valence-electron chi connectivity index (χ3n) is 4.86. The van der Waals surface area contributed by atoms with E-state index >= 15 is 0 Å². The molecule has 0 heterocycles. The highest BCUT2D eigenvalue weighted by Gasteiger charge is 2.45. The number of carboxylic acid groups (broad SMARTS) is 1. The molecular formula is C17H23NO5S. The van der Waals surface area contributed by atoms with Gasteiger partial charge in [-0.2, -0.15) is 0 Å². The maximum atomic E-state index is 12.8. The van der Waals surface area contributed by atoms with Crippen molar-refractivity contribution in [1.82, 2.24) is 4.90 Å². The highest BCUT2D eigenvalue weighted by atomic mass is 32.2. The Morgan fingerprint density at radius 1 is 1.17 bits per heavy atom. The van der Waals surface area contributed by atoms with Crippen LogP contribution in [0, 0.1) is 6.92 Å². The van der Waals surface area contributed by atoms with Crippen LogP contribution in [0.25, 0.3) is 0 Å². The lowest BCUT2D eigenvalue weighted by Gasteiger charge is -2.41. The Morgan fingerprint density at radius 3 is 2.25 bits per heavy atom. The van der Waals surface area contributed by atoms with Crippen LogP contribution in [-0.2, 0) is 14.6 Å². The molecule has 1 N–H and O–H groups in total. The van der Waals surface area contributed by atoms with Crippen LogP contribution in [0.15, 0.2) is 23.1 Å². The lowest BCUT2D eigenvalue weighted by Crippen LogP contribution is -2.56. The maximum absolute atomic E-state index is 12.8. The molecule has 0 aliphatic heterocycles. The average Bonchev–Trinajstić information content (AvgIpc) is 2.53. The Morgan fingerprint density at radius 2 is 1.75 bits per heavy atom.